The Morgan fingerprint density at radius 3 is 1.91 bits per heavy atom. The second-order valence-electron chi connectivity index (χ2n) is 19.8. The number of nitrogens with two attached hydrogens (primary N) is 1. The van der Waals surface area contributed by atoms with Crippen LogP contribution in [0.2, 0.25) is 0 Å². The SMILES string of the molecule is CC(C)(C)OC(=O)CC[C@H](NC(=O)N[C@@H](CCCCNC(=O)C(Cc1ccc2ccccc2c1)NC(=O)C1CCC(CN)CC1)C(=O)OC1CCCCCCCC1)C(=O)OC(C)(C)C. The van der Waals surface area contributed by atoms with Gasteiger partial charge >= 0.3 is 23.9 Å². The van der Waals surface area contributed by atoms with Gasteiger partial charge < -0.3 is 41.2 Å². The molecule has 14 nitrogen and oxygen atoms in total. The van der Waals surface area contributed by atoms with Gasteiger partial charge in [-0.05, 0) is 147 Å². The van der Waals surface area contributed by atoms with Crippen LogP contribution in [0.3, 0.4) is 0 Å². The van der Waals surface area contributed by atoms with Crippen molar-refractivity contribution >= 4 is 46.5 Å². The average molecular weight is 892 g/mol. The summed E-state index contributed by atoms with van der Waals surface area (Å²) in [5.74, 6) is -1.99. The second kappa shape index (κ2) is 25.7. The van der Waals surface area contributed by atoms with E-state index in [1.165, 1.54) is 0 Å². The Labute approximate surface area is 381 Å². The quantitative estimate of drug-likeness (QED) is 0.0535. The van der Waals surface area contributed by atoms with Gasteiger partial charge in [0.2, 0.25) is 11.8 Å². The number of urea groups is 1. The van der Waals surface area contributed by atoms with Gasteiger partial charge in [0.15, 0.2) is 0 Å². The van der Waals surface area contributed by atoms with Crippen LogP contribution >= 0.6 is 0 Å². The number of ether oxygens (including phenoxy) is 3. The molecule has 6 N–H and O–H groups in total. The fourth-order valence-electron chi connectivity index (χ4n) is 8.41. The first-order chi connectivity index (χ1) is 30.4. The van der Waals surface area contributed by atoms with E-state index in [1.54, 1.807) is 41.5 Å². The topological polar surface area (TPSA) is 204 Å². The van der Waals surface area contributed by atoms with Gasteiger partial charge in [-0.1, -0.05) is 68.1 Å². The molecule has 0 aliphatic heterocycles. The van der Waals surface area contributed by atoms with Crippen LogP contribution in [0.4, 0.5) is 4.79 Å². The van der Waals surface area contributed by atoms with Crippen LogP contribution in [0.15, 0.2) is 42.5 Å². The van der Waals surface area contributed by atoms with E-state index in [2.05, 4.69) is 21.3 Å². The summed E-state index contributed by atoms with van der Waals surface area (Å²) in [4.78, 5) is 80.7. The zero-order valence-electron chi connectivity index (χ0n) is 39.4. The number of rotatable bonds is 19. The average Bonchev–Trinajstić information content (AvgIpc) is 3.36. The van der Waals surface area contributed by atoms with Gasteiger partial charge in [0.1, 0.15) is 35.4 Å². The maximum atomic E-state index is 13.8. The molecular weight excluding hydrogens is 815 g/mol. The lowest BCUT2D eigenvalue weighted by Crippen LogP contribution is -2.53. The standard InChI is InChI=1S/C50H77N5O9/c1-49(2,3)63-43(56)29-28-41(47(60)64-50(4,5)6)55-48(61)54-40(46(59)62-39-19-11-9-7-8-10-12-20-39)21-15-16-30-52-45(58)42(53-44(57)37-26-22-34(33-51)23-27-37)32-35-24-25-36-17-13-14-18-38(36)31-35/h13-14,17-18,24-25,31,34,37,39-42H,7-12,15-16,19-23,26-30,32-33,51H2,1-6H3,(H,52,58)(H,53,57)(H2,54,55,61)/t34?,37?,40-,41-,42?/m0/s1. The summed E-state index contributed by atoms with van der Waals surface area (Å²) < 4.78 is 17.0. The Morgan fingerprint density at radius 2 is 1.28 bits per heavy atom. The molecule has 2 saturated carbocycles. The number of amides is 4. The van der Waals surface area contributed by atoms with E-state index < -0.39 is 53.3 Å². The number of esters is 3. The van der Waals surface area contributed by atoms with E-state index in [0.29, 0.717) is 31.7 Å². The molecule has 64 heavy (non-hydrogen) atoms. The van der Waals surface area contributed by atoms with E-state index in [-0.39, 0.29) is 49.6 Å². The largest absolute Gasteiger partial charge is 0.461 e. The molecule has 4 amide bonds. The highest BCUT2D eigenvalue weighted by Crippen LogP contribution is 2.29. The molecule has 0 aromatic heterocycles. The van der Waals surface area contributed by atoms with Crippen LogP contribution in [0.25, 0.3) is 10.8 Å². The minimum Gasteiger partial charge on any atom is -0.461 e. The Bertz CT molecular complexity index is 1820. The van der Waals surface area contributed by atoms with Crippen LogP contribution in [-0.2, 0) is 44.6 Å². The summed E-state index contributed by atoms with van der Waals surface area (Å²) in [7, 11) is 0. The molecule has 2 aliphatic rings. The molecule has 2 aliphatic carbocycles. The van der Waals surface area contributed by atoms with Crippen molar-refractivity contribution in [1.82, 2.24) is 21.3 Å². The van der Waals surface area contributed by atoms with Crippen molar-refractivity contribution < 1.29 is 43.0 Å². The minimum absolute atomic E-state index is 0.0775. The third-order valence-corrected chi connectivity index (χ3v) is 11.9. The first-order valence-electron chi connectivity index (χ1n) is 23.9. The van der Waals surface area contributed by atoms with Crippen LogP contribution < -0.4 is 27.0 Å². The van der Waals surface area contributed by atoms with Crippen LogP contribution in [-0.4, -0.2) is 84.3 Å². The van der Waals surface area contributed by atoms with Crippen LogP contribution in [0.5, 0.6) is 0 Å². The second-order valence-corrected chi connectivity index (χ2v) is 19.8. The Hall–Kier alpha value is -4.72. The lowest BCUT2D eigenvalue weighted by molar-refractivity contribution is -0.158. The maximum Gasteiger partial charge on any atom is 0.329 e. The molecule has 0 heterocycles. The van der Waals surface area contributed by atoms with Crippen molar-refractivity contribution in [3.05, 3.63) is 48.0 Å². The van der Waals surface area contributed by atoms with Gasteiger partial charge in [-0.15, -0.1) is 0 Å². The molecule has 0 bridgehead atoms. The molecule has 2 fully saturated rings. The normalized spacial score (nSPS) is 19.0. The molecule has 2 aromatic carbocycles. The van der Waals surface area contributed by atoms with Crippen LogP contribution in [0.1, 0.15) is 156 Å². The van der Waals surface area contributed by atoms with Crippen molar-refractivity contribution in [2.75, 3.05) is 13.1 Å². The van der Waals surface area contributed by atoms with E-state index in [9.17, 15) is 28.8 Å². The predicted octanol–water partition coefficient (Wildman–Crippen LogP) is 7.46. The minimum atomic E-state index is -1.20. The number of unbranched alkanes of at least 4 members (excludes halogenated alkanes) is 1. The van der Waals surface area contributed by atoms with Crippen molar-refractivity contribution in [3.8, 4) is 0 Å². The number of carbonyl (C=O) groups excluding carboxylic acids is 6. The number of hydrogen-bond acceptors (Lipinski definition) is 10. The molecule has 3 atom stereocenters. The third kappa shape index (κ3) is 19.2. The summed E-state index contributed by atoms with van der Waals surface area (Å²) >= 11 is 0. The molecule has 1 unspecified atom stereocenters. The van der Waals surface area contributed by atoms with Gasteiger partial charge in [0.25, 0.3) is 0 Å². The highest BCUT2D eigenvalue weighted by molar-refractivity contribution is 5.90. The van der Waals surface area contributed by atoms with Crippen LogP contribution in [0, 0.1) is 11.8 Å². The fourth-order valence-corrected chi connectivity index (χ4v) is 8.41. The molecule has 4 rings (SSSR count). The monoisotopic (exact) mass is 892 g/mol. The first kappa shape index (κ1) is 51.9. The number of nitrogens with one attached hydrogen (secondary N) is 4. The highest BCUT2D eigenvalue weighted by atomic mass is 16.6. The number of fused-ring (bicyclic) bond motifs is 1. The highest BCUT2D eigenvalue weighted by Gasteiger charge is 2.32. The molecular formula is C50H77N5O9. The maximum absolute atomic E-state index is 13.8. The lowest BCUT2D eigenvalue weighted by atomic mass is 9.81. The number of carbonyl (C=O) groups is 6. The molecule has 2 aromatic rings. The van der Waals surface area contributed by atoms with Crippen molar-refractivity contribution in [2.45, 2.75) is 193 Å². The van der Waals surface area contributed by atoms with Crippen molar-refractivity contribution in [2.24, 2.45) is 17.6 Å². The number of benzene rings is 2. The zero-order chi connectivity index (χ0) is 46.7. The Kier molecular flexibility index (Phi) is 20.8. The van der Waals surface area contributed by atoms with Gasteiger partial charge in [-0.2, -0.15) is 0 Å². The fraction of sp³-hybridized carbons (Fsp3) is 0.680. The van der Waals surface area contributed by atoms with Gasteiger partial charge in [0, 0.05) is 25.3 Å². The number of hydrogen-bond donors (Lipinski definition) is 5. The Balaban J connectivity index is 1.42. The first-order valence-corrected chi connectivity index (χ1v) is 23.9. The zero-order valence-corrected chi connectivity index (χ0v) is 39.4. The lowest BCUT2D eigenvalue weighted by Gasteiger charge is -2.28. The molecule has 356 valence electrons. The Morgan fingerprint density at radius 1 is 0.672 bits per heavy atom. The molecule has 0 saturated heterocycles. The summed E-state index contributed by atoms with van der Waals surface area (Å²) in [6.45, 7) is 11.2. The summed E-state index contributed by atoms with van der Waals surface area (Å²) in [6, 6.07) is 10.2. The van der Waals surface area contributed by atoms with E-state index in [0.717, 1.165) is 93.4 Å². The van der Waals surface area contributed by atoms with Crippen molar-refractivity contribution in [1.29, 1.82) is 0 Å². The molecule has 14 heteroatoms. The summed E-state index contributed by atoms with van der Waals surface area (Å²) in [6.07, 6.45) is 12.0. The van der Waals surface area contributed by atoms with Crippen molar-refractivity contribution in [3.63, 3.8) is 0 Å². The summed E-state index contributed by atoms with van der Waals surface area (Å²) in [5, 5.41) is 13.6. The molecule has 0 spiro atoms. The van der Waals surface area contributed by atoms with E-state index in [1.807, 2.05) is 42.5 Å². The summed E-state index contributed by atoms with van der Waals surface area (Å²) in [5.41, 5.74) is 5.24. The van der Waals surface area contributed by atoms with E-state index >= 15 is 0 Å². The van der Waals surface area contributed by atoms with Gasteiger partial charge in [-0.3, -0.25) is 14.4 Å². The molecule has 0 radical (unpaired) electrons. The van der Waals surface area contributed by atoms with Gasteiger partial charge in [-0.25, -0.2) is 14.4 Å². The third-order valence-electron chi connectivity index (χ3n) is 11.9. The van der Waals surface area contributed by atoms with Gasteiger partial charge in [0.05, 0.1) is 0 Å². The van der Waals surface area contributed by atoms with E-state index in [4.69, 9.17) is 19.9 Å². The smallest absolute Gasteiger partial charge is 0.329 e. The predicted molar refractivity (Wildman–Crippen MR) is 248 cm³/mol.